The second kappa shape index (κ2) is 8.43. The highest BCUT2D eigenvalue weighted by atomic mass is 35.5. The van der Waals surface area contributed by atoms with E-state index < -0.39 is 35.4 Å². The average Bonchev–Trinajstić information content (AvgIpc) is 2.60. The van der Waals surface area contributed by atoms with Crippen LogP contribution in [0.25, 0.3) is 0 Å². The van der Waals surface area contributed by atoms with Crippen molar-refractivity contribution in [2.24, 2.45) is 5.92 Å². The quantitative estimate of drug-likeness (QED) is 0.584. The van der Waals surface area contributed by atoms with E-state index in [1.807, 2.05) is 0 Å². The molecule has 4 nitrogen and oxygen atoms in total. The third-order valence-electron chi connectivity index (χ3n) is 4.22. The van der Waals surface area contributed by atoms with Gasteiger partial charge >= 0.3 is 6.18 Å². The number of hydrogen-bond acceptors (Lipinski definition) is 2. The number of allylic oxidation sites excluding steroid dienone is 3. The van der Waals surface area contributed by atoms with Gasteiger partial charge in [-0.1, -0.05) is 43.0 Å². The lowest BCUT2D eigenvalue weighted by atomic mass is 9.79. The molecule has 0 radical (unpaired) electrons. The Morgan fingerprint density at radius 1 is 1.30 bits per heavy atom. The van der Waals surface area contributed by atoms with E-state index in [0.717, 1.165) is 12.1 Å². The van der Waals surface area contributed by atoms with Crippen LogP contribution >= 0.6 is 11.6 Å². The van der Waals surface area contributed by atoms with Crippen molar-refractivity contribution in [3.8, 4) is 0 Å². The van der Waals surface area contributed by atoms with Gasteiger partial charge in [0.25, 0.3) is 0 Å². The fourth-order valence-electron chi connectivity index (χ4n) is 2.92. The molecule has 1 heterocycles. The predicted octanol–water partition coefficient (Wildman–Crippen LogP) is 3.86. The number of nitrogens with one attached hydrogen (secondary N) is 2. The fourth-order valence-corrected chi connectivity index (χ4v) is 3.03. The van der Waals surface area contributed by atoms with Crippen molar-refractivity contribution in [1.29, 1.82) is 0 Å². The smallest absolute Gasteiger partial charge is 0.355 e. The maximum absolute atomic E-state index is 12.8. The summed E-state index contributed by atoms with van der Waals surface area (Å²) in [6.45, 7) is 7.36. The Kier molecular flexibility index (Phi) is 6.49. The van der Waals surface area contributed by atoms with Crippen LogP contribution in [-0.4, -0.2) is 18.4 Å². The molecule has 144 valence electrons. The monoisotopic (exact) mass is 398 g/mol. The highest BCUT2D eigenvalue weighted by Gasteiger charge is 2.39. The van der Waals surface area contributed by atoms with E-state index in [0.29, 0.717) is 18.5 Å². The van der Waals surface area contributed by atoms with Crippen molar-refractivity contribution >= 4 is 23.4 Å². The molecule has 1 saturated heterocycles. The predicted molar refractivity (Wildman–Crippen MR) is 96.7 cm³/mol. The second-order valence-corrected chi connectivity index (χ2v) is 6.45. The minimum Gasteiger partial charge on any atom is -0.355 e. The number of piperidine rings is 1. The zero-order valence-corrected chi connectivity index (χ0v) is 15.0. The number of carbonyl (C=O) groups excluding carboxylic acids is 2. The van der Waals surface area contributed by atoms with Crippen LogP contribution in [0, 0.1) is 5.92 Å². The van der Waals surface area contributed by atoms with Crippen LogP contribution in [0.5, 0.6) is 0 Å². The van der Waals surface area contributed by atoms with E-state index in [2.05, 4.69) is 23.8 Å². The van der Waals surface area contributed by atoms with E-state index in [4.69, 9.17) is 11.6 Å². The molecule has 2 atom stereocenters. The number of carbonyl (C=O) groups is 2. The standard InChI is InChI=1S/C19H18ClF3N2O2/c1-3-4-15(11(2)20)25-18(27)16-14(9-10-24-17(16)26)12-5-7-13(8-6-12)19(21,22)23/h3-8,14,16H,1-2,9-10H2,(H,24,26)(H,25,27)/b15-4+. The largest absolute Gasteiger partial charge is 0.416 e. The zero-order valence-electron chi connectivity index (χ0n) is 14.3. The van der Waals surface area contributed by atoms with Gasteiger partial charge in [0.15, 0.2) is 0 Å². The molecular formula is C19H18ClF3N2O2. The molecule has 1 aromatic rings. The Morgan fingerprint density at radius 3 is 2.44 bits per heavy atom. The molecule has 0 spiro atoms. The van der Waals surface area contributed by atoms with Crippen molar-refractivity contribution in [2.75, 3.05) is 6.54 Å². The number of amides is 2. The van der Waals surface area contributed by atoms with E-state index in [1.54, 1.807) is 0 Å². The van der Waals surface area contributed by atoms with Gasteiger partial charge in [-0.25, -0.2) is 0 Å². The molecule has 1 aliphatic heterocycles. The summed E-state index contributed by atoms with van der Waals surface area (Å²) in [7, 11) is 0. The second-order valence-electron chi connectivity index (χ2n) is 5.99. The van der Waals surface area contributed by atoms with Crippen LogP contribution in [0.1, 0.15) is 23.5 Å². The molecule has 1 aromatic carbocycles. The molecule has 27 heavy (non-hydrogen) atoms. The third kappa shape index (κ3) is 5.01. The fraction of sp³-hybridized carbons (Fsp3) is 0.263. The van der Waals surface area contributed by atoms with E-state index in [9.17, 15) is 22.8 Å². The van der Waals surface area contributed by atoms with Crippen molar-refractivity contribution in [3.05, 3.63) is 71.4 Å². The van der Waals surface area contributed by atoms with Crippen molar-refractivity contribution in [2.45, 2.75) is 18.5 Å². The molecule has 2 unspecified atom stereocenters. The first-order valence-corrected chi connectivity index (χ1v) is 8.46. The first-order chi connectivity index (χ1) is 12.6. The number of benzene rings is 1. The Balaban J connectivity index is 2.30. The minimum atomic E-state index is -4.45. The number of rotatable bonds is 5. The first kappa shape index (κ1) is 20.8. The molecule has 2 N–H and O–H groups in total. The summed E-state index contributed by atoms with van der Waals surface area (Å²) < 4.78 is 38.3. The summed E-state index contributed by atoms with van der Waals surface area (Å²) in [4.78, 5) is 25.0. The van der Waals surface area contributed by atoms with Gasteiger partial charge < -0.3 is 10.6 Å². The topological polar surface area (TPSA) is 58.2 Å². The van der Waals surface area contributed by atoms with E-state index in [-0.39, 0.29) is 10.7 Å². The van der Waals surface area contributed by atoms with Gasteiger partial charge in [0, 0.05) is 12.5 Å². The molecule has 0 aliphatic carbocycles. The Hall–Kier alpha value is -2.54. The van der Waals surface area contributed by atoms with Crippen LogP contribution in [-0.2, 0) is 15.8 Å². The summed E-state index contributed by atoms with van der Waals surface area (Å²) in [5, 5.41) is 5.20. The molecule has 0 aromatic heterocycles. The first-order valence-electron chi connectivity index (χ1n) is 8.08. The lowest BCUT2D eigenvalue weighted by Crippen LogP contribution is -2.48. The van der Waals surface area contributed by atoms with E-state index >= 15 is 0 Å². The lowest BCUT2D eigenvalue weighted by molar-refractivity contribution is -0.139. The van der Waals surface area contributed by atoms with Crippen molar-refractivity contribution in [3.63, 3.8) is 0 Å². The lowest BCUT2D eigenvalue weighted by Gasteiger charge is -2.31. The molecule has 2 rings (SSSR count). The average molecular weight is 399 g/mol. The van der Waals surface area contributed by atoms with Crippen molar-refractivity contribution < 1.29 is 22.8 Å². The molecule has 0 saturated carbocycles. The maximum Gasteiger partial charge on any atom is 0.416 e. The molecule has 1 aliphatic rings. The van der Waals surface area contributed by atoms with E-state index in [1.165, 1.54) is 24.3 Å². The van der Waals surface area contributed by atoms with Gasteiger partial charge in [0.1, 0.15) is 5.92 Å². The number of alkyl halides is 3. The van der Waals surface area contributed by atoms with Crippen LogP contribution in [0.15, 0.2) is 60.3 Å². The highest BCUT2D eigenvalue weighted by Crippen LogP contribution is 2.34. The summed E-state index contributed by atoms with van der Waals surface area (Å²) >= 11 is 5.82. The number of halogens is 4. The Labute approximate surface area is 159 Å². The van der Waals surface area contributed by atoms with Crippen LogP contribution < -0.4 is 10.6 Å². The summed E-state index contributed by atoms with van der Waals surface area (Å²) in [6.07, 6.45) is -1.21. The van der Waals surface area contributed by atoms with Gasteiger partial charge in [0.2, 0.25) is 11.8 Å². The van der Waals surface area contributed by atoms with Crippen LogP contribution in [0.4, 0.5) is 13.2 Å². The van der Waals surface area contributed by atoms with Crippen molar-refractivity contribution in [1.82, 2.24) is 10.6 Å². The van der Waals surface area contributed by atoms with Crippen LogP contribution in [0.3, 0.4) is 0 Å². The summed E-state index contributed by atoms with van der Waals surface area (Å²) in [5.41, 5.74) is -0.111. The SMILES string of the molecule is C=C/C=C(/NC(=O)C1C(=O)NCCC1c1ccc(C(F)(F)F)cc1)C(=C)Cl. The molecule has 0 bridgehead atoms. The number of hydrogen-bond donors (Lipinski definition) is 2. The van der Waals surface area contributed by atoms with Gasteiger partial charge in [-0.2, -0.15) is 13.2 Å². The molecule has 1 fully saturated rings. The maximum atomic E-state index is 12.8. The molecule has 8 heteroatoms. The van der Waals surface area contributed by atoms with Crippen LogP contribution in [0.2, 0.25) is 0 Å². The van der Waals surface area contributed by atoms with Gasteiger partial charge in [0.05, 0.1) is 16.3 Å². The molecular weight excluding hydrogens is 381 g/mol. The zero-order chi connectivity index (χ0) is 20.2. The normalized spacial score (nSPS) is 20.6. The Bertz CT molecular complexity index is 785. The summed E-state index contributed by atoms with van der Waals surface area (Å²) in [5.74, 6) is -2.79. The van der Waals surface area contributed by atoms with Gasteiger partial charge in [-0.15, -0.1) is 0 Å². The molecule has 2 amide bonds. The Morgan fingerprint density at radius 2 is 1.93 bits per heavy atom. The van der Waals surface area contributed by atoms with Gasteiger partial charge in [-0.05, 0) is 30.2 Å². The highest BCUT2D eigenvalue weighted by molar-refractivity contribution is 6.31. The minimum absolute atomic E-state index is 0.0607. The van der Waals surface area contributed by atoms with Gasteiger partial charge in [-0.3, -0.25) is 9.59 Å². The third-order valence-corrected chi connectivity index (χ3v) is 4.43. The summed E-state index contributed by atoms with van der Waals surface area (Å²) in [6, 6.07) is 4.49.